The molecule has 1 fully saturated rings. The van der Waals surface area contributed by atoms with Gasteiger partial charge in [-0.25, -0.2) is 9.78 Å². The summed E-state index contributed by atoms with van der Waals surface area (Å²) in [5.41, 5.74) is 1.13. The monoisotopic (exact) mass is 453 g/mol. The SMILES string of the molecule is COC(=O)c1nc(NC(=O)CC2(n3cccc3)CCOCC2)sc1CCc1ccccc1. The maximum atomic E-state index is 13.0. The van der Waals surface area contributed by atoms with Crippen LogP contribution in [0.3, 0.4) is 0 Å². The Kier molecular flexibility index (Phi) is 7.02. The molecule has 3 aromatic rings. The van der Waals surface area contributed by atoms with Crippen molar-refractivity contribution in [2.75, 3.05) is 25.6 Å². The van der Waals surface area contributed by atoms with E-state index in [2.05, 4.69) is 27.0 Å². The normalized spacial score (nSPS) is 15.3. The first-order chi connectivity index (χ1) is 15.6. The number of nitrogens with zero attached hydrogens (tertiary/aromatic N) is 2. The third-order valence-electron chi connectivity index (χ3n) is 5.87. The molecule has 1 saturated heterocycles. The lowest BCUT2D eigenvalue weighted by Crippen LogP contribution is -2.42. The Labute approximate surface area is 191 Å². The van der Waals surface area contributed by atoms with Gasteiger partial charge >= 0.3 is 5.97 Å². The van der Waals surface area contributed by atoms with Gasteiger partial charge in [-0.15, -0.1) is 11.3 Å². The molecule has 8 heteroatoms. The number of ether oxygens (including phenoxy) is 2. The first kappa shape index (κ1) is 22.2. The second-order valence-electron chi connectivity index (χ2n) is 7.92. The molecule has 168 valence electrons. The lowest BCUT2D eigenvalue weighted by Gasteiger charge is -2.38. The van der Waals surface area contributed by atoms with E-state index in [1.54, 1.807) is 0 Å². The summed E-state index contributed by atoms with van der Waals surface area (Å²) in [6, 6.07) is 14.0. The molecule has 1 N–H and O–H groups in total. The number of aryl methyl sites for hydroxylation is 2. The van der Waals surface area contributed by atoms with Gasteiger partial charge in [-0.1, -0.05) is 30.3 Å². The third kappa shape index (κ3) is 5.08. The van der Waals surface area contributed by atoms with Gasteiger partial charge in [-0.2, -0.15) is 0 Å². The number of rotatable bonds is 8. The number of methoxy groups -OCH3 is 1. The first-order valence-electron chi connectivity index (χ1n) is 10.7. The minimum absolute atomic E-state index is 0.125. The number of anilines is 1. The highest BCUT2D eigenvalue weighted by Gasteiger charge is 2.36. The zero-order valence-electron chi connectivity index (χ0n) is 18.1. The minimum Gasteiger partial charge on any atom is -0.464 e. The van der Waals surface area contributed by atoms with E-state index in [0.717, 1.165) is 24.1 Å². The van der Waals surface area contributed by atoms with Crippen LogP contribution in [-0.2, 0) is 32.6 Å². The summed E-state index contributed by atoms with van der Waals surface area (Å²) in [4.78, 5) is 30.5. The summed E-state index contributed by atoms with van der Waals surface area (Å²) in [5.74, 6) is -0.613. The van der Waals surface area contributed by atoms with Crippen LogP contribution in [0.4, 0.5) is 5.13 Å². The maximum absolute atomic E-state index is 13.0. The lowest BCUT2D eigenvalue weighted by molar-refractivity contribution is -0.119. The maximum Gasteiger partial charge on any atom is 0.357 e. The van der Waals surface area contributed by atoms with Crippen molar-refractivity contribution in [3.05, 3.63) is 71.0 Å². The van der Waals surface area contributed by atoms with Crippen LogP contribution < -0.4 is 5.32 Å². The van der Waals surface area contributed by atoms with E-state index in [0.29, 0.717) is 31.2 Å². The number of nitrogens with one attached hydrogen (secondary N) is 1. The first-order valence-corrected chi connectivity index (χ1v) is 11.5. The summed E-state index contributed by atoms with van der Waals surface area (Å²) >= 11 is 1.33. The molecule has 0 atom stereocenters. The van der Waals surface area contributed by atoms with Crippen LogP contribution in [0.15, 0.2) is 54.9 Å². The van der Waals surface area contributed by atoms with Crippen LogP contribution in [0, 0.1) is 0 Å². The molecule has 0 aliphatic carbocycles. The topological polar surface area (TPSA) is 82.5 Å². The van der Waals surface area contributed by atoms with Crippen molar-refractivity contribution in [2.24, 2.45) is 0 Å². The fourth-order valence-corrected chi connectivity index (χ4v) is 5.09. The highest BCUT2D eigenvalue weighted by atomic mass is 32.1. The van der Waals surface area contributed by atoms with Crippen molar-refractivity contribution in [1.29, 1.82) is 0 Å². The Morgan fingerprint density at radius 2 is 1.84 bits per heavy atom. The molecule has 2 aromatic heterocycles. The van der Waals surface area contributed by atoms with E-state index >= 15 is 0 Å². The van der Waals surface area contributed by atoms with Crippen LogP contribution in [0.25, 0.3) is 0 Å². The number of benzene rings is 1. The summed E-state index contributed by atoms with van der Waals surface area (Å²) in [7, 11) is 1.34. The number of carbonyl (C=O) groups excluding carboxylic acids is 2. The zero-order valence-corrected chi connectivity index (χ0v) is 18.9. The average molecular weight is 454 g/mol. The standard InChI is InChI=1S/C24H27N3O4S/c1-30-22(29)21-19(10-9-18-7-3-2-4-8-18)32-23(26-21)25-20(28)17-24(11-15-31-16-12-24)27-13-5-6-14-27/h2-8,13-14H,9-12,15-17H2,1H3,(H,25,26,28). The summed E-state index contributed by atoms with van der Waals surface area (Å²) in [5, 5.41) is 3.34. The van der Waals surface area contributed by atoms with Crippen LogP contribution in [-0.4, -0.2) is 41.8 Å². The summed E-state index contributed by atoms with van der Waals surface area (Å²) < 4.78 is 12.6. The van der Waals surface area contributed by atoms with Gasteiger partial charge in [0, 0.05) is 30.5 Å². The number of hydrogen-bond donors (Lipinski definition) is 1. The molecule has 1 amide bonds. The van der Waals surface area contributed by atoms with E-state index in [1.807, 2.05) is 42.7 Å². The number of carbonyl (C=O) groups is 2. The third-order valence-corrected chi connectivity index (χ3v) is 6.90. The highest BCUT2D eigenvalue weighted by molar-refractivity contribution is 7.16. The van der Waals surface area contributed by atoms with Gasteiger partial charge in [0.05, 0.1) is 19.1 Å². The predicted molar refractivity (Wildman–Crippen MR) is 123 cm³/mol. The van der Waals surface area contributed by atoms with Crippen molar-refractivity contribution in [1.82, 2.24) is 9.55 Å². The van der Waals surface area contributed by atoms with Crippen molar-refractivity contribution in [3.8, 4) is 0 Å². The van der Waals surface area contributed by atoms with E-state index in [9.17, 15) is 9.59 Å². The molecular formula is C24H27N3O4S. The van der Waals surface area contributed by atoms with Crippen LogP contribution in [0.5, 0.6) is 0 Å². The van der Waals surface area contributed by atoms with Gasteiger partial charge < -0.3 is 19.4 Å². The Morgan fingerprint density at radius 3 is 2.53 bits per heavy atom. The quantitative estimate of drug-likeness (QED) is 0.521. The zero-order chi connectivity index (χ0) is 22.4. The molecule has 1 aliphatic heterocycles. The Bertz CT molecular complexity index is 1040. The van der Waals surface area contributed by atoms with E-state index in [4.69, 9.17) is 9.47 Å². The van der Waals surface area contributed by atoms with E-state index in [1.165, 1.54) is 24.0 Å². The van der Waals surface area contributed by atoms with E-state index < -0.39 is 5.97 Å². The van der Waals surface area contributed by atoms with Gasteiger partial charge in [-0.05, 0) is 43.4 Å². The second kappa shape index (κ2) is 10.1. The highest BCUT2D eigenvalue weighted by Crippen LogP contribution is 2.34. The average Bonchev–Trinajstić information content (AvgIpc) is 3.49. The molecule has 0 spiro atoms. The molecule has 4 rings (SSSR count). The molecule has 1 aromatic carbocycles. The van der Waals surface area contributed by atoms with Crippen molar-refractivity contribution < 1.29 is 19.1 Å². The molecule has 32 heavy (non-hydrogen) atoms. The second-order valence-corrected chi connectivity index (χ2v) is 9.00. The molecule has 0 radical (unpaired) electrons. The molecule has 0 unspecified atom stereocenters. The van der Waals surface area contributed by atoms with Crippen molar-refractivity contribution in [2.45, 2.75) is 37.6 Å². The van der Waals surface area contributed by atoms with Crippen LogP contribution in [0.1, 0.15) is 40.2 Å². The molecular weight excluding hydrogens is 426 g/mol. The van der Waals surface area contributed by atoms with Gasteiger partial charge in [-0.3, -0.25) is 4.79 Å². The lowest BCUT2D eigenvalue weighted by atomic mass is 9.86. The molecule has 0 saturated carbocycles. The predicted octanol–water partition coefficient (Wildman–Crippen LogP) is 4.05. The Hall–Kier alpha value is -2.97. The largest absolute Gasteiger partial charge is 0.464 e. The number of aromatic nitrogens is 2. The molecule has 3 heterocycles. The smallest absolute Gasteiger partial charge is 0.357 e. The van der Waals surface area contributed by atoms with Crippen molar-refractivity contribution in [3.63, 3.8) is 0 Å². The molecule has 1 aliphatic rings. The summed E-state index contributed by atoms with van der Waals surface area (Å²) in [6.45, 7) is 1.25. The Balaban J connectivity index is 1.48. The van der Waals surface area contributed by atoms with Gasteiger partial charge in [0.1, 0.15) is 0 Å². The molecule has 0 bridgehead atoms. The Morgan fingerprint density at radius 1 is 1.12 bits per heavy atom. The molecule has 7 nitrogen and oxygen atoms in total. The van der Waals surface area contributed by atoms with Gasteiger partial charge in [0.15, 0.2) is 10.8 Å². The summed E-state index contributed by atoms with van der Waals surface area (Å²) in [6.07, 6.45) is 7.27. The number of amides is 1. The van der Waals surface area contributed by atoms with Crippen LogP contribution in [0.2, 0.25) is 0 Å². The number of thiazole rings is 1. The fourth-order valence-electron chi connectivity index (χ4n) is 4.12. The number of esters is 1. The van der Waals surface area contributed by atoms with Gasteiger partial charge in [0.2, 0.25) is 5.91 Å². The number of hydrogen-bond acceptors (Lipinski definition) is 6. The van der Waals surface area contributed by atoms with Crippen molar-refractivity contribution >= 4 is 28.3 Å². The van der Waals surface area contributed by atoms with Gasteiger partial charge in [0.25, 0.3) is 0 Å². The minimum atomic E-state index is -0.488. The van der Waals surface area contributed by atoms with Crippen LogP contribution >= 0.6 is 11.3 Å². The van der Waals surface area contributed by atoms with E-state index in [-0.39, 0.29) is 17.1 Å². The fraction of sp³-hybridized carbons (Fsp3) is 0.375.